The van der Waals surface area contributed by atoms with E-state index >= 15 is 0 Å². The Kier molecular flexibility index (Phi) is 5.90. The van der Waals surface area contributed by atoms with E-state index in [4.69, 9.17) is 9.15 Å². The molecule has 2 aromatic rings. The van der Waals surface area contributed by atoms with Gasteiger partial charge in [0.25, 0.3) is 11.8 Å². The number of hydrazine groups is 1. The average Bonchev–Trinajstić information content (AvgIpc) is 3.11. The zero-order chi connectivity index (χ0) is 17.4. The molecule has 1 aromatic carbocycles. The standard InChI is InChI=1S/C17H16N2O5/c1-12(24-15(20)10-9-14-8-5-11-23-14)16(21)18-19-17(22)13-6-3-2-4-7-13/h2-12H,1H3,(H,18,21)(H,19,22)/b10-9+/t12-/m0/s1. The van der Waals surface area contributed by atoms with Crippen molar-refractivity contribution in [2.75, 3.05) is 0 Å². The molecule has 0 bridgehead atoms. The molecule has 0 saturated carbocycles. The van der Waals surface area contributed by atoms with E-state index in [-0.39, 0.29) is 0 Å². The Hall–Kier alpha value is -3.35. The monoisotopic (exact) mass is 328 g/mol. The van der Waals surface area contributed by atoms with E-state index in [0.29, 0.717) is 11.3 Å². The molecule has 0 aliphatic heterocycles. The van der Waals surface area contributed by atoms with Crippen LogP contribution >= 0.6 is 0 Å². The molecular formula is C17H16N2O5. The highest BCUT2D eigenvalue weighted by atomic mass is 16.5. The lowest BCUT2D eigenvalue weighted by Gasteiger charge is -2.13. The van der Waals surface area contributed by atoms with Gasteiger partial charge in [0.05, 0.1) is 6.26 Å². The van der Waals surface area contributed by atoms with Crippen molar-refractivity contribution < 1.29 is 23.5 Å². The first-order valence-electron chi connectivity index (χ1n) is 7.13. The van der Waals surface area contributed by atoms with Crippen molar-refractivity contribution in [1.82, 2.24) is 10.9 Å². The van der Waals surface area contributed by atoms with Crippen molar-refractivity contribution in [3.63, 3.8) is 0 Å². The molecule has 7 heteroatoms. The molecule has 7 nitrogen and oxygen atoms in total. The third-order valence-corrected chi connectivity index (χ3v) is 2.92. The molecule has 0 spiro atoms. The summed E-state index contributed by atoms with van der Waals surface area (Å²) in [7, 11) is 0. The van der Waals surface area contributed by atoms with E-state index < -0.39 is 23.9 Å². The molecule has 2 N–H and O–H groups in total. The van der Waals surface area contributed by atoms with Gasteiger partial charge in [-0.15, -0.1) is 0 Å². The summed E-state index contributed by atoms with van der Waals surface area (Å²) in [6.07, 6.45) is 2.96. The van der Waals surface area contributed by atoms with Crippen LogP contribution in [-0.2, 0) is 14.3 Å². The lowest BCUT2D eigenvalue weighted by molar-refractivity contribution is -0.150. The Balaban J connectivity index is 1.77. The van der Waals surface area contributed by atoms with Crippen LogP contribution < -0.4 is 10.9 Å². The third kappa shape index (κ3) is 5.13. The van der Waals surface area contributed by atoms with Crippen molar-refractivity contribution in [2.45, 2.75) is 13.0 Å². The Morgan fingerprint density at radius 1 is 1.08 bits per heavy atom. The van der Waals surface area contributed by atoms with E-state index in [2.05, 4.69) is 10.9 Å². The molecule has 0 unspecified atom stereocenters. The third-order valence-electron chi connectivity index (χ3n) is 2.92. The Morgan fingerprint density at radius 2 is 1.83 bits per heavy atom. The van der Waals surface area contributed by atoms with Crippen LogP contribution in [0.2, 0.25) is 0 Å². The van der Waals surface area contributed by atoms with Gasteiger partial charge in [0.1, 0.15) is 5.76 Å². The maximum absolute atomic E-state index is 11.8. The second-order valence-electron chi connectivity index (χ2n) is 4.74. The van der Waals surface area contributed by atoms with Crippen LogP contribution in [0.5, 0.6) is 0 Å². The molecule has 0 saturated heterocycles. The minimum absolute atomic E-state index is 0.392. The largest absolute Gasteiger partial charge is 0.465 e. The van der Waals surface area contributed by atoms with Gasteiger partial charge >= 0.3 is 5.97 Å². The number of rotatable bonds is 5. The van der Waals surface area contributed by atoms with Gasteiger partial charge in [-0.3, -0.25) is 20.4 Å². The van der Waals surface area contributed by atoms with E-state index in [1.165, 1.54) is 19.3 Å². The molecular weight excluding hydrogens is 312 g/mol. The number of amides is 2. The summed E-state index contributed by atoms with van der Waals surface area (Å²) < 4.78 is 9.94. The topological polar surface area (TPSA) is 97.6 Å². The number of ether oxygens (including phenoxy) is 1. The number of hydrogen-bond acceptors (Lipinski definition) is 5. The maximum atomic E-state index is 11.8. The second-order valence-corrected chi connectivity index (χ2v) is 4.74. The minimum Gasteiger partial charge on any atom is -0.465 e. The van der Waals surface area contributed by atoms with E-state index in [1.807, 2.05) is 0 Å². The van der Waals surface area contributed by atoms with Crippen LogP contribution in [0.25, 0.3) is 6.08 Å². The number of esters is 1. The number of carbonyl (C=O) groups excluding carboxylic acids is 3. The molecule has 1 aromatic heterocycles. The number of benzene rings is 1. The van der Waals surface area contributed by atoms with Crippen LogP contribution in [-0.4, -0.2) is 23.9 Å². The molecule has 1 atom stereocenters. The van der Waals surface area contributed by atoms with Crippen molar-refractivity contribution >= 4 is 23.9 Å². The van der Waals surface area contributed by atoms with Crippen molar-refractivity contribution in [3.05, 3.63) is 66.1 Å². The first-order chi connectivity index (χ1) is 11.6. The first kappa shape index (κ1) is 17.0. The molecule has 24 heavy (non-hydrogen) atoms. The molecule has 0 fully saturated rings. The van der Waals surface area contributed by atoms with E-state index in [0.717, 1.165) is 6.08 Å². The van der Waals surface area contributed by atoms with Gasteiger partial charge in [-0.25, -0.2) is 4.79 Å². The van der Waals surface area contributed by atoms with Gasteiger partial charge in [0.15, 0.2) is 6.10 Å². The predicted molar refractivity (Wildman–Crippen MR) is 85.3 cm³/mol. The number of nitrogens with one attached hydrogen (secondary N) is 2. The molecule has 124 valence electrons. The normalized spacial score (nSPS) is 11.7. The van der Waals surface area contributed by atoms with Gasteiger partial charge in [-0.2, -0.15) is 0 Å². The van der Waals surface area contributed by atoms with Crippen molar-refractivity contribution in [2.24, 2.45) is 0 Å². The molecule has 2 amide bonds. The predicted octanol–water partition coefficient (Wildman–Crippen LogP) is 1.69. The summed E-state index contributed by atoms with van der Waals surface area (Å²) >= 11 is 0. The van der Waals surface area contributed by atoms with Crippen LogP contribution in [0.15, 0.2) is 59.2 Å². The SMILES string of the molecule is C[C@H](OC(=O)/C=C/c1ccco1)C(=O)NNC(=O)c1ccccc1. The molecule has 0 aliphatic carbocycles. The van der Waals surface area contributed by atoms with Crippen LogP contribution in [0.4, 0.5) is 0 Å². The fourth-order valence-corrected chi connectivity index (χ4v) is 1.68. The van der Waals surface area contributed by atoms with Crippen molar-refractivity contribution in [3.8, 4) is 0 Å². The highest BCUT2D eigenvalue weighted by Crippen LogP contribution is 2.03. The number of hydrogen-bond donors (Lipinski definition) is 2. The molecule has 1 heterocycles. The lowest BCUT2D eigenvalue weighted by atomic mass is 10.2. The fraction of sp³-hybridized carbons (Fsp3) is 0.118. The number of carbonyl (C=O) groups is 3. The van der Waals surface area contributed by atoms with Gasteiger partial charge in [0.2, 0.25) is 0 Å². The van der Waals surface area contributed by atoms with Crippen LogP contribution in [0.1, 0.15) is 23.0 Å². The minimum atomic E-state index is -1.07. The number of furan rings is 1. The smallest absolute Gasteiger partial charge is 0.331 e. The van der Waals surface area contributed by atoms with Crippen LogP contribution in [0.3, 0.4) is 0 Å². The fourth-order valence-electron chi connectivity index (χ4n) is 1.68. The van der Waals surface area contributed by atoms with Crippen LogP contribution in [0, 0.1) is 0 Å². The zero-order valence-corrected chi connectivity index (χ0v) is 12.9. The Morgan fingerprint density at radius 3 is 2.50 bits per heavy atom. The van der Waals surface area contributed by atoms with E-state index in [1.54, 1.807) is 42.5 Å². The summed E-state index contributed by atoms with van der Waals surface area (Å²) in [5.74, 6) is -1.35. The average molecular weight is 328 g/mol. The summed E-state index contributed by atoms with van der Waals surface area (Å²) in [5, 5.41) is 0. The Labute approximate surface area is 138 Å². The van der Waals surface area contributed by atoms with Gasteiger partial charge in [-0.1, -0.05) is 18.2 Å². The summed E-state index contributed by atoms with van der Waals surface area (Å²) in [6.45, 7) is 1.39. The zero-order valence-electron chi connectivity index (χ0n) is 12.9. The summed E-state index contributed by atoms with van der Waals surface area (Å²) in [4.78, 5) is 35.2. The summed E-state index contributed by atoms with van der Waals surface area (Å²) in [6, 6.07) is 11.7. The lowest BCUT2D eigenvalue weighted by Crippen LogP contribution is -2.46. The Bertz CT molecular complexity index is 723. The quantitative estimate of drug-likeness (QED) is 0.494. The van der Waals surface area contributed by atoms with Gasteiger partial charge in [-0.05, 0) is 37.3 Å². The highest BCUT2D eigenvalue weighted by molar-refractivity contribution is 5.96. The highest BCUT2D eigenvalue weighted by Gasteiger charge is 2.17. The van der Waals surface area contributed by atoms with Gasteiger partial charge in [0, 0.05) is 11.6 Å². The van der Waals surface area contributed by atoms with Gasteiger partial charge < -0.3 is 9.15 Å². The maximum Gasteiger partial charge on any atom is 0.331 e. The molecule has 0 aliphatic rings. The van der Waals surface area contributed by atoms with E-state index in [9.17, 15) is 14.4 Å². The molecule has 2 rings (SSSR count). The first-order valence-corrected chi connectivity index (χ1v) is 7.13. The summed E-state index contributed by atoms with van der Waals surface area (Å²) in [5.41, 5.74) is 4.83. The molecule has 0 radical (unpaired) electrons. The van der Waals surface area contributed by atoms with Crippen molar-refractivity contribution in [1.29, 1.82) is 0 Å². The second kappa shape index (κ2) is 8.33.